The molecule has 1 aromatic rings. The van der Waals surface area contributed by atoms with Crippen LogP contribution in [0.15, 0.2) is 23.2 Å². The van der Waals surface area contributed by atoms with Crippen molar-refractivity contribution < 1.29 is 9.47 Å². The Labute approximate surface area is 139 Å². The number of hydrogen-bond acceptors (Lipinski definition) is 3. The van der Waals surface area contributed by atoms with Gasteiger partial charge in [-0.1, -0.05) is 19.9 Å². The Morgan fingerprint density at radius 2 is 1.78 bits per heavy atom. The van der Waals surface area contributed by atoms with Gasteiger partial charge in [-0.3, -0.25) is 4.99 Å². The van der Waals surface area contributed by atoms with Gasteiger partial charge in [0.15, 0.2) is 17.5 Å². The summed E-state index contributed by atoms with van der Waals surface area (Å²) in [4.78, 5) is 6.83. The van der Waals surface area contributed by atoms with Crippen molar-refractivity contribution in [2.24, 2.45) is 10.7 Å². The van der Waals surface area contributed by atoms with Gasteiger partial charge in [0, 0.05) is 18.5 Å². The maximum Gasteiger partial charge on any atom is 0.191 e. The Bertz CT molecular complexity index is 549. The smallest absolute Gasteiger partial charge is 0.191 e. The van der Waals surface area contributed by atoms with E-state index in [1.54, 1.807) is 14.2 Å². The van der Waals surface area contributed by atoms with E-state index >= 15 is 0 Å². The van der Waals surface area contributed by atoms with E-state index in [2.05, 4.69) is 29.8 Å². The van der Waals surface area contributed by atoms with E-state index in [-0.39, 0.29) is 5.41 Å². The highest BCUT2D eigenvalue weighted by Crippen LogP contribution is 2.33. The fraction of sp³-hybridized carbons (Fsp3) is 0.611. The monoisotopic (exact) mass is 319 g/mol. The van der Waals surface area contributed by atoms with Crippen LogP contribution >= 0.6 is 0 Å². The number of guanidine groups is 1. The van der Waals surface area contributed by atoms with E-state index in [9.17, 15) is 0 Å². The van der Waals surface area contributed by atoms with Crippen LogP contribution in [0.5, 0.6) is 11.5 Å². The molecule has 0 atom stereocenters. The molecule has 5 heteroatoms. The number of ether oxygens (including phenoxy) is 2. The quantitative estimate of drug-likeness (QED) is 0.670. The zero-order valence-corrected chi connectivity index (χ0v) is 14.8. The molecule has 0 spiro atoms. The summed E-state index contributed by atoms with van der Waals surface area (Å²) in [5.41, 5.74) is 7.20. The first-order valence-corrected chi connectivity index (χ1v) is 8.25. The van der Waals surface area contributed by atoms with Gasteiger partial charge in [0.05, 0.1) is 20.8 Å². The molecule has 2 N–H and O–H groups in total. The minimum Gasteiger partial charge on any atom is -0.493 e. The van der Waals surface area contributed by atoms with Crippen molar-refractivity contribution >= 4 is 5.96 Å². The highest BCUT2D eigenvalue weighted by atomic mass is 16.5. The fourth-order valence-corrected chi connectivity index (χ4v) is 2.85. The average Bonchev–Trinajstić information content (AvgIpc) is 2.59. The lowest BCUT2D eigenvalue weighted by Crippen LogP contribution is -2.41. The number of benzene rings is 1. The second-order valence-corrected chi connectivity index (χ2v) is 6.68. The summed E-state index contributed by atoms with van der Waals surface area (Å²) >= 11 is 0. The first kappa shape index (κ1) is 17.4. The van der Waals surface area contributed by atoms with Crippen LogP contribution in [0.3, 0.4) is 0 Å². The Morgan fingerprint density at radius 3 is 2.39 bits per heavy atom. The molecule has 0 radical (unpaired) electrons. The molecule has 0 amide bonds. The highest BCUT2D eigenvalue weighted by molar-refractivity contribution is 5.78. The molecule has 1 aromatic carbocycles. The van der Waals surface area contributed by atoms with Crippen LogP contribution in [0.25, 0.3) is 0 Å². The lowest BCUT2D eigenvalue weighted by Gasteiger charge is -2.29. The number of piperidine rings is 1. The molecule has 5 nitrogen and oxygen atoms in total. The Balaban J connectivity index is 2.11. The summed E-state index contributed by atoms with van der Waals surface area (Å²) in [5.74, 6) is 2.15. The van der Waals surface area contributed by atoms with Crippen LogP contribution in [0.4, 0.5) is 0 Å². The number of hydrogen-bond donors (Lipinski definition) is 1. The molecule has 23 heavy (non-hydrogen) atoms. The minimum absolute atomic E-state index is 0.125. The van der Waals surface area contributed by atoms with Crippen molar-refractivity contribution in [3.05, 3.63) is 23.8 Å². The van der Waals surface area contributed by atoms with E-state index in [4.69, 9.17) is 15.2 Å². The maximum absolute atomic E-state index is 6.17. The summed E-state index contributed by atoms with van der Waals surface area (Å²) < 4.78 is 10.7. The number of likely N-dealkylation sites (tertiary alicyclic amines) is 1. The van der Waals surface area contributed by atoms with Gasteiger partial charge in [-0.25, -0.2) is 0 Å². The normalized spacial score (nSPS) is 16.3. The van der Waals surface area contributed by atoms with Gasteiger partial charge in [-0.2, -0.15) is 0 Å². The molecule has 0 aromatic heterocycles. The zero-order valence-electron chi connectivity index (χ0n) is 14.8. The Kier molecular flexibility index (Phi) is 5.74. The van der Waals surface area contributed by atoms with Crippen LogP contribution in [0, 0.1) is 0 Å². The molecule has 0 unspecified atom stereocenters. The molecule has 1 aliphatic rings. The van der Waals surface area contributed by atoms with E-state index in [0.29, 0.717) is 12.5 Å². The lowest BCUT2D eigenvalue weighted by molar-refractivity contribution is 0.336. The van der Waals surface area contributed by atoms with Crippen LogP contribution in [0.2, 0.25) is 0 Å². The number of nitrogens with zero attached hydrogens (tertiary/aromatic N) is 2. The number of nitrogens with two attached hydrogens (primary N) is 1. The van der Waals surface area contributed by atoms with Gasteiger partial charge in [-0.15, -0.1) is 0 Å². The summed E-state index contributed by atoms with van der Waals surface area (Å²) in [5, 5.41) is 0. The summed E-state index contributed by atoms with van der Waals surface area (Å²) in [7, 11) is 3.30. The third kappa shape index (κ3) is 4.30. The van der Waals surface area contributed by atoms with E-state index in [1.165, 1.54) is 19.3 Å². The second kappa shape index (κ2) is 7.57. The summed E-state index contributed by atoms with van der Waals surface area (Å²) in [6.07, 6.45) is 3.70. The van der Waals surface area contributed by atoms with Crippen molar-refractivity contribution in [2.45, 2.75) is 38.5 Å². The fourth-order valence-electron chi connectivity index (χ4n) is 2.85. The van der Waals surface area contributed by atoms with Crippen LogP contribution in [-0.2, 0) is 5.41 Å². The van der Waals surface area contributed by atoms with Crippen molar-refractivity contribution in [1.29, 1.82) is 0 Å². The van der Waals surface area contributed by atoms with E-state index in [0.717, 1.165) is 30.2 Å². The molecule has 2 rings (SSSR count). The molecule has 0 bridgehead atoms. The molecule has 1 fully saturated rings. The summed E-state index contributed by atoms with van der Waals surface area (Å²) in [6, 6.07) is 6.02. The standard InChI is InChI=1S/C18H29N3O2/c1-18(2,13-20-17(19)21-10-6-5-7-11-21)14-8-9-15(22-3)16(12-14)23-4/h8-9,12H,5-7,10-11,13H2,1-4H3,(H2,19,20). The number of rotatable bonds is 5. The zero-order chi connectivity index (χ0) is 16.9. The van der Waals surface area contributed by atoms with Gasteiger partial charge >= 0.3 is 0 Å². The molecular formula is C18H29N3O2. The van der Waals surface area contributed by atoms with Crippen LogP contribution in [-0.4, -0.2) is 44.7 Å². The molecule has 128 valence electrons. The predicted molar refractivity (Wildman–Crippen MR) is 94.5 cm³/mol. The van der Waals surface area contributed by atoms with E-state index in [1.807, 2.05) is 12.1 Å². The Hall–Kier alpha value is -1.91. The van der Waals surface area contributed by atoms with Crippen molar-refractivity contribution in [3.8, 4) is 11.5 Å². The third-order valence-corrected chi connectivity index (χ3v) is 4.48. The molecule has 1 saturated heterocycles. The molecular weight excluding hydrogens is 290 g/mol. The van der Waals surface area contributed by atoms with Crippen molar-refractivity contribution in [3.63, 3.8) is 0 Å². The Morgan fingerprint density at radius 1 is 1.13 bits per heavy atom. The molecule has 1 heterocycles. The highest BCUT2D eigenvalue weighted by Gasteiger charge is 2.23. The van der Waals surface area contributed by atoms with E-state index < -0.39 is 0 Å². The third-order valence-electron chi connectivity index (χ3n) is 4.48. The van der Waals surface area contributed by atoms with Gasteiger partial charge in [0.2, 0.25) is 0 Å². The van der Waals surface area contributed by atoms with Gasteiger partial charge < -0.3 is 20.1 Å². The van der Waals surface area contributed by atoms with Crippen molar-refractivity contribution in [1.82, 2.24) is 4.90 Å². The largest absolute Gasteiger partial charge is 0.493 e. The first-order valence-electron chi connectivity index (χ1n) is 8.25. The summed E-state index contributed by atoms with van der Waals surface area (Å²) in [6.45, 7) is 7.02. The van der Waals surface area contributed by atoms with Crippen LogP contribution in [0.1, 0.15) is 38.7 Å². The maximum atomic E-state index is 6.17. The van der Waals surface area contributed by atoms with Gasteiger partial charge in [0.25, 0.3) is 0 Å². The van der Waals surface area contributed by atoms with Crippen LogP contribution < -0.4 is 15.2 Å². The van der Waals surface area contributed by atoms with Gasteiger partial charge in [-0.05, 0) is 37.0 Å². The number of aliphatic imine (C=N–C) groups is 1. The predicted octanol–water partition coefficient (Wildman–Crippen LogP) is 2.78. The molecule has 1 aliphatic heterocycles. The van der Waals surface area contributed by atoms with Crippen molar-refractivity contribution in [2.75, 3.05) is 33.9 Å². The number of methoxy groups -OCH3 is 2. The molecule has 0 aliphatic carbocycles. The first-order chi connectivity index (χ1) is 11.0. The average molecular weight is 319 g/mol. The topological polar surface area (TPSA) is 60.1 Å². The molecule has 0 saturated carbocycles. The second-order valence-electron chi connectivity index (χ2n) is 6.68. The SMILES string of the molecule is COc1ccc(C(C)(C)CN=C(N)N2CCCCC2)cc1OC. The van der Waals surface area contributed by atoms with Gasteiger partial charge in [0.1, 0.15) is 0 Å². The lowest BCUT2D eigenvalue weighted by atomic mass is 9.84. The minimum atomic E-state index is -0.125.